The summed E-state index contributed by atoms with van der Waals surface area (Å²) in [5.74, 6) is 0.712. The molecule has 128 valence electrons. The van der Waals surface area contributed by atoms with Gasteiger partial charge in [-0.15, -0.1) is 5.10 Å². The van der Waals surface area contributed by atoms with Gasteiger partial charge in [0.05, 0.1) is 5.69 Å². The zero-order valence-electron chi connectivity index (χ0n) is 13.1. The highest BCUT2D eigenvalue weighted by Gasteiger charge is 2.30. The van der Waals surface area contributed by atoms with Gasteiger partial charge in [-0.1, -0.05) is 5.21 Å². The Hall–Kier alpha value is -1.57. The lowest BCUT2D eigenvalue weighted by molar-refractivity contribution is 0.0915. The molecule has 0 bridgehead atoms. The maximum absolute atomic E-state index is 13.0. The number of alkyl halides is 3. The average molecular weight is 398 g/mol. The number of H-pyrrole nitrogens is 1. The molecule has 1 aliphatic carbocycles. The fourth-order valence-corrected chi connectivity index (χ4v) is 4.02. The molecule has 0 atom stereocenters. The molecule has 8 heteroatoms. The summed E-state index contributed by atoms with van der Waals surface area (Å²) >= 11 is 2.43. The monoisotopic (exact) mass is 397 g/mol. The number of aromatic nitrogens is 5. The van der Waals surface area contributed by atoms with E-state index in [0.29, 0.717) is 18.3 Å². The Kier molecular flexibility index (Phi) is 4.02. The Morgan fingerprint density at radius 1 is 1.29 bits per heavy atom. The summed E-state index contributed by atoms with van der Waals surface area (Å²) in [7, 11) is 0. The standard InChI is InChI=1S/C16H18BrF2N5/c17-16(18,19)7-5-10-1-3-11(4-2-10)13-14-12-6-8-20-15(12)21-9-24(14)23-22-13/h6,8-11,20H,1-5,7H2. The minimum Gasteiger partial charge on any atom is -0.346 e. The van der Waals surface area contributed by atoms with Gasteiger partial charge in [-0.05, 0) is 60.0 Å². The van der Waals surface area contributed by atoms with Crippen molar-refractivity contribution in [2.75, 3.05) is 0 Å². The summed E-state index contributed by atoms with van der Waals surface area (Å²) in [5.41, 5.74) is 2.85. The molecule has 4 rings (SSSR count). The summed E-state index contributed by atoms with van der Waals surface area (Å²) in [6.07, 6.45) is 7.90. The molecule has 0 unspecified atom stereocenters. The molecule has 24 heavy (non-hydrogen) atoms. The van der Waals surface area contributed by atoms with Gasteiger partial charge in [0.25, 0.3) is 0 Å². The second kappa shape index (κ2) is 6.06. The van der Waals surface area contributed by atoms with E-state index in [-0.39, 0.29) is 6.42 Å². The second-order valence-corrected chi connectivity index (χ2v) is 7.78. The number of halogens is 3. The van der Waals surface area contributed by atoms with Crippen molar-refractivity contribution in [3.05, 3.63) is 24.3 Å². The van der Waals surface area contributed by atoms with Crippen molar-refractivity contribution in [3.63, 3.8) is 0 Å². The topological polar surface area (TPSA) is 58.9 Å². The first-order valence-electron chi connectivity index (χ1n) is 8.25. The van der Waals surface area contributed by atoms with E-state index in [2.05, 4.69) is 36.2 Å². The van der Waals surface area contributed by atoms with Gasteiger partial charge in [0.15, 0.2) is 0 Å². The lowest BCUT2D eigenvalue weighted by atomic mass is 9.78. The van der Waals surface area contributed by atoms with Crippen LogP contribution in [0.2, 0.25) is 0 Å². The van der Waals surface area contributed by atoms with E-state index in [0.717, 1.165) is 47.9 Å². The van der Waals surface area contributed by atoms with Crippen LogP contribution in [0.3, 0.4) is 0 Å². The molecule has 5 nitrogen and oxygen atoms in total. The SMILES string of the molecule is FC(F)(Br)CCC1CCC(c2nnn3cnc4[nH]ccc4c23)CC1. The van der Waals surface area contributed by atoms with Gasteiger partial charge in [-0.25, -0.2) is 9.50 Å². The number of aromatic amines is 1. The molecule has 1 aliphatic rings. The molecule has 0 amide bonds. The van der Waals surface area contributed by atoms with E-state index in [9.17, 15) is 8.78 Å². The molecule has 0 radical (unpaired) electrons. The molecule has 1 fully saturated rings. The minimum atomic E-state index is -2.74. The number of hydrogen-bond donors (Lipinski definition) is 1. The number of fused-ring (bicyclic) bond motifs is 3. The van der Waals surface area contributed by atoms with E-state index >= 15 is 0 Å². The van der Waals surface area contributed by atoms with Gasteiger partial charge >= 0.3 is 4.83 Å². The maximum atomic E-state index is 13.0. The molecule has 0 spiro atoms. The highest BCUT2D eigenvalue weighted by molar-refractivity contribution is 9.09. The second-order valence-electron chi connectivity index (χ2n) is 6.62. The third-order valence-corrected chi connectivity index (χ3v) is 5.46. The van der Waals surface area contributed by atoms with Gasteiger partial charge in [0.2, 0.25) is 0 Å². The van der Waals surface area contributed by atoms with Crippen molar-refractivity contribution in [2.45, 2.75) is 49.3 Å². The Bertz CT molecular complexity index is 845. The van der Waals surface area contributed by atoms with Gasteiger partial charge in [-0.2, -0.15) is 8.78 Å². The summed E-state index contributed by atoms with van der Waals surface area (Å²) in [6, 6.07) is 1.99. The fourth-order valence-electron chi connectivity index (χ4n) is 3.79. The Labute approximate surface area is 146 Å². The van der Waals surface area contributed by atoms with Gasteiger partial charge in [-0.3, -0.25) is 0 Å². The number of hydrogen-bond acceptors (Lipinski definition) is 3. The van der Waals surface area contributed by atoms with E-state index in [1.54, 1.807) is 10.8 Å². The lowest BCUT2D eigenvalue weighted by Crippen LogP contribution is -2.16. The molecular weight excluding hydrogens is 380 g/mol. The lowest BCUT2D eigenvalue weighted by Gasteiger charge is -2.28. The third kappa shape index (κ3) is 3.03. The summed E-state index contributed by atoms with van der Waals surface area (Å²) in [4.78, 5) is 4.70. The molecule has 1 N–H and O–H groups in total. The number of rotatable bonds is 4. The van der Waals surface area contributed by atoms with Crippen LogP contribution in [0.15, 0.2) is 18.6 Å². The van der Waals surface area contributed by atoms with Crippen LogP contribution in [0.1, 0.15) is 50.1 Å². The highest BCUT2D eigenvalue weighted by atomic mass is 79.9. The van der Waals surface area contributed by atoms with E-state index in [1.807, 2.05) is 12.3 Å². The van der Waals surface area contributed by atoms with Crippen LogP contribution < -0.4 is 0 Å². The largest absolute Gasteiger partial charge is 0.346 e. The summed E-state index contributed by atoms with van der Waals surface area (Å²) in [6.45, 7) is 0. The van der Waals surface area contributed by atoms with Crippen molar-refractivity contribution in [2.24, 2.45) is 5.92 Å². The molecule has 3 aromatic rings. The molecular formula is C16H18BrF2N5. The predicted molar refractivity (Wildman–Crippen MR) is 90.4 cm³/mol. The first-order valence-corrected chi connectivity index (χ1v) is 9.04. The van der Waals surface area contributed by atoms with Crippen molar-refractivity contribution < 1.29 is 8.78 Å². The quantitative estimate of drug-likeness (QED) is 0.651. The molecule has 3 heterocycles. The van der Waals surface area contributed by atoms with E-state index < -0.39 is 4.83 Å². The maximum Gasteiger partial charge on any atom is 0.301 e. The predicted octanol–water partition coefficient (Wildman–Crippen LogP) is 4.65. The van der Waals surface area contributed by atoms with Gasteiger partial charge < -0.3 is 4.98 Å². The molecule has 0 saturated heterocycles. The highest BCUT2D eigenvalue weighted by Crippen LogP contribution is 2.40. The van der Waals surface area contributed by atoms with Crippen LogP contribution in [-0.4, -0.2) is 29.6 Å². The minimum absolute atomic E-state index is 0.0903. The third-order valence-electron chi connectivity index (χ3n) is 5.07. The average Bonchev–Trinajstić information content (AvgIpc) is 3.18. The van der Waals surface area contributed by atoms with Crippen molar-refractivity contribution in [1.82, 2.24) is 24.8 Å². The number of nitrogens with one attached hydrogen (secondary N) is 1. The first-order chi connectivity index (χ1) is 11.5. The van der Waals surface area contributed by atoms with Crippen molar-refractivity contribution in [1.29, 1.82) is 0 Å². The Morgan fingerprint density at radius 3 is 2.83 bits per heavy atom. The van der Waals surface area contributed by atoms with Crippen LogP contribution in [-0.2, 0) is 0 Å². The van der Waals surface area contributed by atoms with Crippen LogP contribution >= 0.6 is 15.9 Å². The van der Waals surface area contributed by atoms with Crippen molar-refractivity contribution in [3.8, 4) is 0 Å². The molecule has 0 aliphatic heterocycles. The van der Waals surface area contributed by atoms with Crippen LogP contribution in [0, 0.1) is 5.92 Å². The smallest absolute Gasteiger partial charge is 0.301 e. The first kappa shape index (κ1) is 15.9. The summed E-state index contributed by atoms with van der Waals surface area (Å²) < 4.78 is 27.6. The van der Waals surface area contributed by atoms with Gasteiger partial charge in [0, 0.05) is 23.9 Å². The zero-order valence-corrected chi connectivity index (χ0v) is 14.6. The number of nitrogens with zero attached hydrogens (tertiary/aromatic N) is 4. The molecule has 1 saturated carbocycles. The van der Waals surface area contributed by atoms with Crippen LogP contribution in [0.5, 0.6) is 0 Å². The van der Waals surface area contributed by atoms with E-state index in [1.165, 1.54) is 0 Å². The Morgan fingerprint density at radius 2 is 2.08 bits per heavy atom. The van der Waals surface area contributed by atoms with E-state index in [4.69, 9.17) is 0 Å². The zero-order chi connectivity index (χ0) is 16.7. The van der Waals surface area contributed by atoms with Crippen LogP contribution in [0.25, 0.3) is 16.6 Å². The van der Waals surface area contributed by atoms with Crippen LogP contribution in [0.4, 0.5) is 8.78 Å². The fraction of sp³-hybridized carbons (Fsp3) is 0.562. The molecule has 0 aromatic carbocycles. The van der Waals surface area contributed by atoms with Gasteiger partial charge in [0.1, 0.15) is 17.5 Å². The summed E-state index contributed by atoms with van der Waals surface area (Å²) in [5, 5.41) is 9.61. The van der Waals surface area contributed by atoms with Crippen molar-refractivity contribution >= 4 is 32.5 Å². The normalized spacial score (nSPS) is 22.5. The molecule has 3 aromatic heterocycles. The Balaban J connectivity index is 1.52.